The lowest BCUT2D eigenvalue weighted by Gasteiger charge is -2.38. The lowest BCUT2D eigenvalue weighted by Crippen LogP contribution is -2.43. The van der Waals surface area contributed by atoms with Crippen LogP contribution in [0.3, 0.4) is 0 Å². The normalized spacial score (nSPS) is 23.2. The maximum atomic E-state index is 15.7. The standard InChI is InChI=1S/C25H32FNO3/c1-29-22-15-19-14-20(24(28)21(19)16-23(22)30-2)17-25(26)9-12-27(13-10-25)11-8-18-6-4-3-5-7-18/h3-7,15-16,20,24,28H,8-14,17H2,1-2H3. The first-order chi connectivity index (χ1) is 14.5. The number of fused-ring (bicyclic) bond motifs is 1. The smallest absolute Gasteiger partial charge is 0.161 e. The molecule has 2 unspecified atom stereocenters. The fourth-order valence-corrected chi connectivity index (χ4v) is 5.00. The third-order valence-corrected chi connectivity index (χ3v) is 6.83. The second-order valence-electron chi connectivity index (χ2n) is 8.75. The lowest BCUT2D eigenvalue weighted by molar-refractivity contribution is 0.0114. The summed E-state index contributed by atoms with van der Waals surface area (Å²) in [6.07, 6.45) is 2.51. The lowest BCUT2D eigenvalue weighted by atomic mass is 9.82. The zero-order valence-electron chi connectivity index (χ0n) is 17.9. The van der Waals surface area contributed by atoms with Crippen molar-refractivity contribution in [2.24, 2.45) is 5.92 Å². The average molecular weight is 414 g/mol. The Morgan fingerprint density at radius 1 is 1.07 bits per heavy atom. The first-order valence-electron chi connectivity index (χ1n) is 10.9. The minimum Gasteiger partial charge on any atom is -0.493 e. The van der Waals surface area contributed by atoms with E-state index in [2.05, 4.69) is 29.2 Å². The van der Waals surface area contributed by atoms with Gasteiger partial charge in [-0.1, -0.05) is 30.3 Å². The molecule has 2 aromatic rings. The molecule has 2 aliphatic rings. The van der Waals surface area contributed by atoms with Crippen molar-refractivity contribution < 1.29 is 19.0 Å². The molecule has 1 saturated heterocycles. The van der Waals surface area contributed by atoms with Crippen molar-refractivity contribution in [3.63, 3.8) is 0 Å². The van der Waals surface area contributed by atoms with E-state index in [9.17, 15) is 5.11 Å². The van der Waals surface area contributed by atoms with Crippen LogP contribution in [-0.2, 0) is 12.8 Å². The summed E-state index contributed by atoms with van der Waals surface area (Å²) in [4.78, 5) is 2.36. The van der Waals surface area contributed by atoms with Gasteiger partial charge >= 0.3 is 0 Å². The highest BCUT2D eigenvalue weighted by Gasteiger charge is 2.41. The van der Waals surface area contributed by atoms with Crippen molar-refractivity contribution in [1.82, 2.24) is 4.90 Å². The molecule has 0 spiro atoms. The molecule has 1 aliphatic heterocycles. The summed E-state index contributed by atoms with van der Waals surface area (Å²) in [7, 11) is 3.19. The van der Waals surface area contributed by atoms with E-state index in [0.29, 0.717) is 37.2 Å². The Kier molecular flexibility index (Phi) is 6.30. The molecule has 0 radical (unpaired) electrons. The Labute approximate surface area is 178 Å². The number of ether oxygens (including phenoxy) is 2. The van der Waals surface area contributed by atoms with Gasteiger partial charge < -0.3 is 19.5 Å². The van der Waals surface area contributed by atoms with Crippen molar-refractivity contribution in [2.45, 2.75) is 43.9 Å². The van der Waals surface area contributed by atoms with E-state index in [4.69, 9.17) is 9.47 Å². The molecule has 30 heavy (non-hydrogen) atoms. The molecule has 0 bridgehead atoms. The monoisotopic (exact) mass is 413 g/mol. The van der Waals surface area contributed by atoms with Crippen molar-refractivity contribution in [3.8, 4) is 11.5 Å². The Morgan fingerprint density at radius 3 is 2.40 bits per heavy atom. The van der Waals surface area contributed by atoms with Crippen LogP contribution in [0.1, 0.15) is 42.1 Å². The summed E-state index contributed by atoms with van der Waals surface area (Å²) in [6, 6.07) is 14.2. The van der Waals surface area contributed by atoms with E-state index in [0.717, 1.165) is 37.2 Å². The van der Waals surface area contributed by atoms with Crippen LogP contribution in [0.15, 0.2) is 42.5 Å². The van der Waals surface area contributed by atoms with Crippen molar-refractivity contribution >= 4 is 0 Å². The number of hydrogen-bond acceptors (Lipinski definition) is 4. The minimum atomic E-state index is -1.20. The third-order valence-electron chi connectivity index (χ3n) is 6.83. The van der Waals surface area contributed by atoms with Crippen LogP contribution in [-0.4, -0.2) is 49.5 Å². The van der Waals surface area contributed by atoms with E-state index >= 15 is 4.39 Å². The SMILES string of the molecule is COc1cc2c(cc1OC)C(O)C(CC1(F)CCN(CCc3ccccc3)CC1)C2. The number of piperidine rings is 1. The van der Waals surface area contributed by atoms with Crippen molar-refractivity contribution in [3.05, 3.63) is 59.2 Å². The molecule has 1 N–H and O–H groups in total. The predicted molar refractivity (Wildman–Crippen MR) is 116 cm³/mol. The van der Waals surface area contributed by atoms with E-state index in [1.165, 1.54) is 5.56 Å². The molecule has 1 fully saturated rings. The van der Waals surface area contributed by atoms with Gasteiger partial charge in [0.1, 0.15) is 5.67 Å². The molecule has 1 aliphatic carbocycles. The number of alkyl halides is 1. The van der Waals surface area contributed by atoms with Crippen LogP contribution in [0.5, 0.6) is 11.5 Å². The van der Waals surface area contributed by atoms with Gasteiger partial charge in [-0.15, -0.1) is 0 Å². The Bertz CT molecular complexity index is 849. The number of hydrogen-bond donors (Lipinski definition) is 1. The molecule has 162 valence electrons. The average Bonchev–Trinajstić information content (AvgIpc) is 3.07. The second-order valence-corrected chi connectivity index (χ2v) is 8.75. The number of aliphatic hydroxyl groups excluding tert-OH is 1. The molecule has 0 saturated carbocycles. The molecule has 2 atom stereocenters. The summed E-state index contributed by atoms with van der Waals surface area (Å²) < 4.78 is 26.4. The van der Waals surface area contributed by atoms with Gasteiger partial charge in [-0.2, -0.15) is 0 Å². The number of nitrogens with zero attached hydrogens (tertiary/aromatic N) is 1. The van der Waals surface area contributed by atoms with E-state index in [1.807, 2.05) is 18.2 Å². The van der Waals surface area contributed by atoms with Crippen LogP contribution < -0.4 is 9.47 Å². The van der Waals surface area contributed by atoms with Crippen LogP contribution >= 0.6 is 0 Å². The highest BCUT2D eigenvalue weighted by Crippen LogP contribution is 2.46. The molecule has 4 rings (SSSR count). The summed E-state index contributed by atoms with van der Waals surface area (Å²) in [5, 5.41) is 10.9. The molecule has 4 nitrogen and oxygen atoms in total. The van der Waals surface area contributed by atoms with E-state index < -0.39 is 11.8 Å². The fourth-order valence-electron chi connectivity index (χ4n) is 5.00. The minimum absolute atomic E-state index is 0.0994. The first kappa shape index (κ1) is 21.1. The quantitative estimate of drug-likeness (QED) is 0.733. The summed E-state index contributed by atoms with van der Waals surface area (Å²) in [5.74, 6) is 1.17. The van der Waals surface area contributed by atoms with Crippen molar-refractivity contribution in [1.29, 1.82) is 0 Å². The van der Waals surface area contributed by atoms with Crippen molar-refractivity contribution in [2.75, 3.05) is 33.9 Å². The second kappa shape index (κ2) is 8.94. The number of rotatable bonds is 7. The number of benzene rings is 2. The van der Waals surface area contributed by atoms with E-state index in [1.54, 1.807) is 14.2 Å². The third kappa shape index (κ3) is 4.47. The first-order valence-corrected chi connectivity index (χ1v) is 10.9. The van der Waals surface area contributed by atoms with Crippen LogP contribution in [0.25, 0.3) is 0 Å². The number of halogens is 1. The summed E-state index contributed by atoms with van der Waals surface area (Å²) in [6.45, 7) is 2.53. The van der Waals surface area contributed by atoms with Gasteiger partial charge in [0.25, 0.3) is 0 Å². The van der Waals surface area contributed by atoms with E-state index in [-0.39, 0.29) is 5.92 Å². The van der Waals surface area contributed by atoms with Gasteiger partial charge in [-0.3, -0.25) is 0 Å². The van der Waals surface area contributed by atoms with Gasteiger partial charge in [-0.05, 0) is 66.8 Å². The largest absolute Gasteiger partial charge is 0.493 e. The van der Waals surface area contributed by atoms with Gasteiger partial charge in [0, 0.05) is 19.6 Å². The number of aliphatic hydroxyl groups is 1. The van der Waals surface area contributed by atoms with Gasteiger partial charge in [0.05, 0.1) is 20.3 Å². The van der Waals surface area contributed by atoms with Crippen LogP contribution in [0.4, 0.5) is 4.39 Å². The maximum Gasteiger partial charge on any atom is 0.161 e. The zero-order chi connectivity index (χ0) is 21.1. The Morgan fingerprint density at radius 2 is 1.73 bits per heavy atom. The maximum absolute atomic E-state index is 15.7. The van der Waals surface area contributed by atoms with Gasteiger partial charge in [0.2, 0.25) is 0 Å². The molecular weight excluding hydrogens is 381 g/mol. The number of methoxy groups -OCH3 is 2. The molecular formula is C25H32FNO3. The van der Waals surface area contributed by atoms with Crippen LogP contribution in [0, 0.1) is 5.92 Å². The Balaban J connectivity index is 1.33. The molecule has 5 heteroatoms. The highest BCUT2D eigenvalue weighted by molar-refractivity contribution is 5.50. The summed E-state index contributed by atoms with van der Waals surface area (Å²) in [5.41, 5.74) is 2.01. The predicted octanol–water partition coefficient (Wildman–Crippen LogP) is 4.35. The molecule has 1 heterocycles. The molecule has 2 aromatic carbocycles. The topological polar surface area (TPSA) is 41.9 Å². The molecule has 0 aromatic heterocycles. The fraction of sp³-hybridized carbons (Fsp3) is 0.520. The number of likely N-dealkylation sites (tertiary alicyclic amines) is 1. The zero-order valence-corrected chi connectivity index (χ0v) is 17.9. The Hall–Kier alpha value is -2.11. The highest BCUT2D eigenvalue weighted by atomic mass is 19.1. The van der Waals surface area contributed by atoms with Gasteiger partial charge in [0.15, 0.2) is 11.5 Å². The molecule has 0 amide bonds. The van der Waals surface area contributed by atoms with Crippen LogP contribution in [0.2, 0.25) is 0 Å². The summed E-state index contributed by atoms with van der Waals surface area (Å²) >= 11 is 0. The van der Waals surface area contributed by atoms with Gasteiger partial charge in [-0.25, -0.2) is 4.39 Å².